The van der Waals surface area contributed by atoms with Gasteiger partial charge in [-0.1, -0.05) is 11.6 Å². The topological polar surface area (TPSA) is 186 Å². The van der Waals surface area contributed by atoms with Crippen LogP contribution in [0.15, 0.2) is 87.3 Å². The number of rotatable bonds is 10. The molecule has 6 aliphatic rings. The maximum atomic E-state index is 16.0. The normalized spacial score (nSPS) is 22.4. The standard InChI is InChI=1S/C52H48ClF3N12O5/c53-29-5-9-33(37(55)13-29)47-49-35(51(69)66-11-1-3-43(66)60-49)15-45(62-47)64-21-39(27(17-57)18-58-31-25-71-26-31)72-41(23-64)42-24-65(22-40(73-42)28-19-59-68(20-28)32-7-8-32)46-16-36-50(61-44-4-2-12-67(44)52(36)70)48(63-46)34-10-6-30(54)14-38(34)56/h5-6,9-10,13-20,31-32,39-42H,1-4,7-8,11-12,21-26,57H2/b27-17+,58-18?/t39-,40-,41?,42?/m1/s1. The lowest BCUT2D eigenvalue weighted by atomic mass is 10.0. The van der Waals surface area contributed by atoms with Crippen molar-refractivity contribution < 1.29 is 27.4 Å². The third-order valence-corrected chi connectivity index (χ3v) is 15.0. The number of benzene rings is 2. The van der Waals surface area contributed by atoms with Gasteiger partial charge in [0.05, 0.1) is 55.4 Å². The second kappa shape index (κ2) is 18.2. The van der Waals surface area contributed by atoms with Gasteiger partial charge in [-0.25, -0.2) is 33.1 Å². The predicted molar refractivity (Wildman–Crippen MR) is 267 cm³/mol. The number of hydrogen-bond donors (Lipinski definition) is 1. The van der Waals surface area contributed by atoms with Crippen LogP contribution >= 0.6 is 11.6 Å². The molecule has 17 nitrogen and oxygen atoms in total. The molecule has 10 heterocycles. The lowest BCUT2D eigenvalue weighted by Gasteiger charge is -2.46. The summed E-state index contributed by atoms with van der Waals surface area (Å²) in [4.78, 5) is 57.4. The fourth-order valence-electron chi connectivity index (χ4n) is 10.7. The van der Waals surface area contributed by atoms with Crippen molar-refractivity contribution in [2.24, 2.45) is 10.7 Å². The van der Waals surface area contributed by atoms with Crippen molar-refractivity contribution in [2.45, 2.75) is 88.1 Å². The molecule has 2 aromatic carbocycles. The van der Waals surface area contributed by atoms with Crippen LogP contribution in [-0.2, 0) is 40.1 Å². The smallest absolute Gasteiger partial charge is 0.261 e. The van der Waals surface area contributed by atoms with Crippen molar-refractivity contribution in [1.82, 2.24) is 38.9 Å². The minimum Gasteiger partial charge on any atom is -0.404 e. The van der Waals surface area contributed by atoms with Crippen molar-refractivity contribution in [3.8, 4) is 22.5 Å². The third-order valence-electron chi connectivity index (χ3n) is 14.8. The largest absolute Gasteiger partial charge is 0.404 e. The summed E-state index contributed by atoms with van der Waals surface area (Å²) in [5.74, 6) is -0.306. The van der Waals surface area contributed by atoms with E-state index < -0.39 is 41.9 Å². The summed E-state index contributed by atoms with van der Waals surface area (Å²) in [6.45, 7) is 2.73. The first-order valence-electron chi connectivity index (χ1n) is 24.7. The number of nitrogens with zero attached hydrogens (tertiary/aromatic N) is 11. The lowest BCUT2D eigenvalue weighted by molar-refractivity contribution is -0.128. The van der Waals surface area contributed by atoms with E-state index >= 15 is 8.78 Å². The van der Waals surface area contributed by atoms with E-state index in [2.05, 4.69) is 0 Å². The summed E-state index contributed by atoms with van der Waals surface area (Å²) in [5, 5.41) is 5.43. The van der Waals surface area contributed by atoms with Crippen molar-refractivity contribution in [3.63, 3.8) is 0 Å². The van der Waals surface area contributed by atoms with Gasteiger partial charge in [0.2, 0.25) is 0 Å². The van der Waals surface area contributed by atoms with Gasteiger partial charge >= 0.3 is 0 Å². The predicted octanol–water partition coefficient (Wildman–Crippen LogP) is 6.26. The maximum absolute atomic E-state index is 16.0. The third kappa shape index (κ3) is 8.33. The highest BCUT2D eigenvalue weighted by Gasteiger charge is 2.42. The minimum atomic E-state index is -0.843. The zero-order chi connectivity index (χ0) is 49.6. The highest BCUT2D eigenvalue weighted by Crippen LogP contribution is 2.40. The maximum Gasteiger partial charge on any atom is 0.261 e. The Morgan fingerprint density at radius 3 is 1.96 bits per heavy atom. The molecule has 1 saturated carbocycles. The molecule has 4 atom stereocenters. The molecule has 0 amide bonds. The first kappa shape index (κ1) is 45.8. The molecule has 13 rings (SSSR count). The molecule has 1 aliphatic carbocycles. The van der Waals surface area contributed by atoms with Gasteiger partial charge in [0.1, 0.15) is 87.6 Å². The van der Waals surface area contributed by atoms with Crippen LogP contribution < -0.4 is 26.7 Å². The van der Waals surface area contributed by atoms with Gasteiger partial charge in [-0.15, -0.1) is 0 Å². The van der Waals surface area contributed by atoms with E-state index in [9.17, 15) is 14.0 Å². The van der Waals surface area contributed by atoms with Crippen molar-refractivity contribution in [1.29, 1.82) is 0 Å². The molecule has 0 radical (unpaired) electrons. The van der Waals surface area contributed by atoms with Crippen LogP contribution in [0, 0.1) is 17.5 Å². The highest BCUT2D eigenvalue weighted by molar-refractivity contribution is 6.30. The molecule has 5 aromatic heterocycles. The molecule has 374 valence electrons. The summed E-state index contributed by atoms with van der Waals surface area (Å²) < 4.78 is 71.2. The van der Waals surface area contributed by atoms with E-state index in [1.807, 2.05) is 20.7 Å². The number of hydrogen-bond acceptors (Lipinski definition) is 14. The Kier molecular flexibility index (Phi) is 11.4. The number of morpholine rings is 2. The average molecular weight is 1010 g/mol. The van der Waals surface area contributed by atoms with Gasteiger partial charge < -0.3 is 29.7 Å². The number of nitrogens with two attached hydrogens (primary N) is 1. The summed E-state index contributed by atoms with van der Waals surface area (Å²) in [6, 6.07) is 11.2. The Morgan fingerprint density at radius 1 is 0.753 bits per heavy atom. The number of anilines is 2. The Balaban J connectivity index is 0.943. The molecule has 73 heavy (non-hydrogen) atoms. The van der Waals surface area contributed by atoms with Gasteiger partial charge in [-0.2, -0.15) is 5.10 Å². The molecule has 4 fully saturated rings. The van der Waals surface area contributed by atoms with Crippen LogP contribution in [0.25, 0.3) is 44.3 Å². The second-order valence-corrected chi connectivity index (χ2v) is 20.1. The van der Waals surface area contributed by atoms with E-state index in [-0.39, 0.29) is 98.7 Å². The molecule has 0 bridgehead atoms. The van der Waals surface area contributed by atoms with Crippen molar-refractivity contribution >= 4 is 51.3 Å². The SMILES string of the molecule is N/C=C(\C=NC1COC1)[C@H]1CN(c2cc3c(=O)n4c(nc3c(-c3ccc(Cl)cc3F)n2)CCC4)CC(C2CN(c3cc4c(=O)n5c(nc4c(-c4ccc(F)cc4F)n3)CCC5)C[C@H](c3cnn(C4CC4)c3)O2)O1. The molecule has 0 spiro atoms. The molecule has 2 N–H and O–H groups in total. The number of fused-ring (bicyclic) bond motifs is 4. The Bertz CT molecular complexity index is 3580. The summed E-state index contributed by atoms with van der Waals surface area (Å²) in [6.07, 6.45) is 8.78. The number of ether oxygens (including phenoxy) is 3. The van der Waals surface area contributed by atoms with E-state index in [1.165, 1.54) is 18.3 Å². The Morgan fingerprint density at radius 2 is 1.37 bits per heavy atom. The zero-order valence-corrected chi connectivity index (χ0v) is 40.1. The molecular weight excluding hydrogens is 965 g/mol. The fourth-order valence-corrected chi connectivity index (χ4v) is 10.9. The highest BCUT2D eigenvalue weighted by atomic mass is 35.5. The van der Waals surface area contributed by atoms with E-state index in [1.54, 1.807) is 45.8 Å². The van der Waals surface area contributed by atoms with Gasteiger partial charge in [0, 0.05) is 91.0 Å². The van der Waals surface area contributed by atoms with E-state index in [4.69, 9.17) is 61.6 Å². The van der Waals surface area contributed by atoms with Crippen LogP contribution in [0.1, 0.15) is 55.0 Å². The number of aryl methyl sites for hydroxylation is 2. The zero-order valence-electron chi connectivity index (χ0n) is 39.3. The number of halogens is 4. The lowest BCUT2D eigenvalue weighted by Crippen LogP contribution is -2.58. The van der Waals surface area contributed by atoms with Gasteiger partial charge in [-0.3, -0.25) is 28.4 Å². The van der Waals surface area contributed by atoms with Crippen LogP contribution in [0.2, 0.25) is 5.02 Å². The van der Waals surface area contributed by atoms with Crippen molar-refractivity contribution in [2.75, 3.05) is 49.2 Å². The minimum absolute atomic E-state index is 0.000944. The van der Waals surface area contributed by atoms with Gasteiger partial charge in [0.15, 0.2) is 0 Å². The number of pyridine rings is 2. The first-order chi connectivity index (χ1) is 35.5. The van der Waals surface area contributed by atoms with Gasteiger partial charge in [0.25, 0.3) is 11.1 Å². The van der Waals surface area contributed by atoms with E-state index in [0.29, 0.717) is 68.0 Å². The molecular formula is C52H48ClF3N12O5. The molecule has 3 saturated heterocycles. The fraction of sp³-hybridized carbons (Fsp3) is 0.385. The number of aromatic nitrogens is 8. The monoisotopic (exact) mass is 1010 g/mol. The molecule has 7 aromatic rings. The second-order valence-electron chi connectivity index (χ2n) is 19.6. The Labute approximate surface area is 419 Å². The van der Waals surface area contributed by atoms with Crippen molar-refractivity contribution in [3.05, 3.63) is 133 Å². The number of aliphatic imine (C=N–C) groups is 1. The quantitative estimate of drug-likeness (QED) is 0.152. The molecule has 5 aliphatic heterocycles. The Hall–Kier alpha value is -7.00. The van der Waals surface area contributed by atoms with Crippen LogP contribution in [0.3, 0.4) is 0 Å². The summed E-state index contributed by atoms with van der Waals surface area (Å²) >= 11 is 6.25. The van der Waals surface area contributed by atoms with E-state index in [0.717, 1.165) is 43.4 Å². The first-order valence-corrected chi connectivity index (χ1v) is 25.1. The van der Waals surface area contributed by atoms with Crippen LogP contribution in [0.4, 0.5) is 24.8 Å². The molecule has 21 heteroatoms. The van der Waals surface area contributed by atoms with Gasteiger partial charge in [-0.05, 0) is 68.1 Å². The molecule has 2 unspecified atom stereocenters. The average Bonchev–Trinajstić information content (AvgIpc) is 3.67. The summed E-state index contributed by atoms with van der Waals surface area (Å²) in [7, 11) is 0. The van der Waals surface area contributed by atoms with Crippen LogP contribution in [-0.4, -0.2) is 109 Å². The summed E-state index contributed by atoms with van der Waals surface area (Å²) in [5.41, 5.74) is 8.19. The van der Waals surface area contributed by atoms with Crippen LogP contribution in [0.5, 0.6) is 0 Å².